The van der Waals surface area contributed by atoms with Gasteiger partial charge in [0.05, 0.1) is 9.83 Å². The van der Waals surface area contributed by atoms with E-state index in [0.29, 0.717) is 17.0 Å². The molecule has 0 bridgehead atoms. The Kier molecular flexibility index (Phi) is 3.66. The standard InChI is InChI=1S/C12H10N2O4S/c1-2-13-11(15)10(19-12(13)16)7-8-3-5-9(6-4-8)14(17)18/h3-7H,2H2,1H3/b10-7+. The number of thioether (sulfide) groups is 1. The highest BCUT2D eigenvalue weighted by atomic mass is 32.2. The maximum absolute atomic E-state index is 11.8. The minimum Gasteiger partial charge on any atom is -0.269 e. The number of rotatable bonds is 3. The van der Waals surface area contributed by atoms with Crippen LogP contribution in [-0.2, 0) is 4.79 Å². The molecular weight excluding hydrogens is 268 g/mol. The second-order valence-electron chi connectivity index (χ2n) is 3.77. The van der Waals surface area contributed by atoms with Crippen LogP contribution in [-0.4, -0.2) is 27.5 Å². The van der Waals surface area contributed by atoms with Crippen molar-refractivity contribution in [3.05, 3.63) is 44.8 Å². The summed E-state index contributed by atoms with van der Waals surface area (Å²) in [5.74, 6) is -0.323. The first kappa shape index (κ1) is 13.3. The predicted molar refractivity (Wildman–Crippen MR) is 71.4 cm³/mol. The molecule has 2 amide bonds. The minimum absolute atomic E-state index is 0.0150. The van der Waals surface area contributed by atoms with Crippen LogP contribution in [0.25, 0.3) is 6.08 Å². The van der Waals surface area contributed by atoms with Crippen LogP contribution in [0.15, 0.2) is 29.2 Å². The molecule has 0 spiro atoms. The molecule has 0 aliphatic carbocycles. The van der Waals surface area contributed by atoms with E-state index in [2.05, 4.69) is 0 Å². The maximum Gasteiger partial charge on any atom is 0.293 e. The smallest absolute Gasteiger partial charge is 0.269 e. The van der Waals surface area contributed by atoms with Gasteiger partial charge in [-0.05, 0) is 42.5 Å². The number of likely N-dealkylation sites (N-methyl/N-ethyl adjacent to an activating group) is 1. The predicted octanol–water partition coefficient (Wildman–Crippen LogP) is 2.65. The number of nitro benzene ring substituents is 1. The molecule has 1 aromatic carbocycles. The molecule has 6 nitrogen and oxygen atoms in total. The molecule has 1 heterocycles. The molecule has 0 N–H and O–H groups in total. The normalized spacial score (nSPS) is 17.3. The highest BCUT2D eigenvalue weighted by molar-refractivity contribution is 8.18. The fourth-order valence-corrected chi connectivity index (χ4v) is 2.52. The average Bonchev–Trinajstić information content (AvgIpc) is 2.64. The lowest BCUT2D eigenvalue weighted by molar-refractivity contribution is -0.384. The van der Waals surface area contributed by atoms with Gasteiger partial charge in [0.25, 0.3) is 16.8 Å². The number of nitrogens with zero attached hydrogens (tertiary/aromatic N) is 2. The molecule has 0 aromatic heterocycles. The molecule has 0 radical (unpaired) electrons. The summed E-state index contributed by atoms with van der Waals surface area (Å²) in [6.07, 6.45) is 1.56. The molecule has 0 unspecified atom stereocenters. The van der Waals surface area contributed by atoms with E-state index in [1.54, 1.807) is 13.0 Å². The van der Waals surface area contributed by atoms with Gasteiger partial charge in [-0.15, -0.1) is 0 Å². The molecule has 2 rings (SSSR count). The maximum atomic E-state index is 11.8. The Morgan fingerprint density at radius 1 is 1.32 bits per heavy atom. The summed E-state index contributed by atoms with van der Waals surface area (Å²) in [4.78, 5) is 34.8. The molecule has 1 saturated heterocycles. The lowest BCUT2D eigenvalue weighted by Crippen LogP contribution is -2.27. The van der Waals surface area contributed by atoms with Gasteiger partial charge < -0.3 is 0 Å². The number of non-ortho nitro benzene ring substituents is 1. The molecule has 7 heteroatoms. The van der Waals surface area contributed by atoms with Gasteiger partial charge in [-0.3, -0.25) is 24.6 Å². The second-order valence-corrected chi connectivity index (χ2v) is 4.77. The van der Waals surface area contributed by atoms with Gasteiger partial charge >= 0.3 is 0 Å². The van der Waals surface area contributed by atoms with Crippen molar-refractivity contribution in [1.82, 2.24) is 4.90 Å². The first-order valence-corrected chi connectivity index (χ1v) is 6.34. The van der Waals surface area contributed by atoms with Gasteiger partial charge in [-0.25, -0.2) is 0 Å². The Bertz CT molecular complexity index is 580. The molecule has 1 fully saturated rings. The van der Waals surface area contributed by atoms with Crippen molar-refractivity contribution in [1.29, 1.82) is 0 Å². The summed E-state index contributed by atoms with van der Waals surface area (Å²) in [5, 5.41) is 10.2. The monoisotopic (exact) mass is 278 g/mol. The highest BCUT2D eigenvalue weighted by Gasteiger charge is 2.33. The Balaban J connectivity index is 2.25. The van der Waals surface area contributed by atoms with Gasteiger partial charge in [0.15, 0.2) is 0 Å². The number of nitro groups is 1. The summed E-state index contributed by atoms with van der Waals surface area (Å²) in [6.45, 7) is 2.06. The Labute approximate surface area is 113 Å². The summed E-state index contributed by atoms with van der Waals surface area (Å²) >= 11 is 0.876. The van der Waals surface area contributed by atoms with Crippen LogP contribution in [0, 0.1) is 10.1 Å². The van der Waals surface area contributed by atoms with Gasteiger partial charge in [0.2, 0.25) is 0 Å². The molecule has 19 heavy (non-hydrogen) atoms. The van der Waals surface area contributed by atoms with Gasteiger partial charge in [0.1, 0.15) is 0 Å². The number of carbonyl (C=O) groups excluding carboxylic acids is 2. The average molecular weight is 278 g/mol. The highest BCUT2D eigenvalue weighted by Crippen LogP contribution is 2.32. The van der Waals surface area contributed by atoms with E-state index in [9.17, 15) is 19.7 Å². The summed E-state index contributed by atoms with van der Waals surface area (Å²) < 4.78 is 0. The van der Waals surface area contributed by atoms with Crippen LogP contribution in [0.1, 0.15) is 12.5 Å². The summed E-state index contributed by atoms with van der Waals surface area (Å²) in [7, 11) is 0. The topological polar surface area (TPSA) is 80.5 Å². The summed E-state index contributed by atoms with van der Waals surface area (Å²) in [6, 6.07) is 5.79. The van der Waals surface area contributed by atoms with Crippen molar-refractivity contribution >= 4 is 34.7 Å². The number of amides is 2. The van der Waals surface area contributed by atoms with E-state index >= 15 is 0 Å². The van der Waals surface area contributed by atoms with Crippen LogP contribution >= 0.6 is 11.8 Å². The number of benzene rings is 1. The van der Waals surface area contributed by atoms with Crippen molar-refractivity contribution in [2.24, 2.45) is 0 Å². The van der Waals surface area contributed by atoms with Crippen molar-refractivity contribution in [3.8, 4) is 0 Å². The number of imide groups is 1. The fourth-order valence-electron chi connectivity index (χ4n) is 1.62. The van der Waals surface area contributed by atoms with E-state index in [-0.39, 0.29) is 16.8 Å². The SMILES string of the molecule is CCN1C(=O)S/C(=C/c2ccc([N+](=O)[O-])cc2)C1=O. The summed E-state index contributed by atoms with van der Waals surface area (Å²) in [5.41, 5.74) is 0.631. The third-order valence-corrected chi connectivity index (χ3v) is 3.50. The van der Waals surface area contributed by atoms with Crippen LogP contribution in [0.4, 0.5) is 10.5 Å². The van der Waals surface area contributed by atoms with Gasteiger partial charge in [-0.1, -0.05) is 0 Å². The van der Waals surface area contributed by atoms with Crippen molar-refractivity contribution in [3.63, 3.8) is 0 Å². The molecule has 0 atom stereocenters. The zero-order valence-corrected chi connectivity index (χ0v) is 10.8. The van der Waals surface area contributed by atoms with Crippen LogP contribution in [0.3, 0.4) is 0 Å². The van der Waals surface area contributed by atoms with Crippen molar-refractivity contribution in [2.45, 2.75) is 6.92 Å². The molecule has 1 aliphatic rings. The van der Waals surface area contributed by atoms with Gasteiger partial charge in [0, 0.05) is 18.7 Å². The largest absolute Gasteiger partial charge is 0.293 e. The third kappa shape index (κ3) is 2.65. The lowest BCUT2D eigenvalue weighted by atomic mass is 10.2. The first-order valence-electron chi connectivity index (χ1n) is 5.52. The van der Waals surface area contributed by atoms with Crippen LogP contribution in [0.5, 0.6) is 0 Å². The van der Waals surface area contributed by atoms with E-state index in [1.165, 1.54) is 24.3 Å². The van der Waals surface area contributed by atoms with E-state index in [4.69, 9.17) is 0 Å². The Morgan fingerprint density at radius 2 is 1.95 bits per heavy atom. The Hall–Kier alpha value is -2.15. The molecule has 98 valence electrons. The number of hydrogen-bond acceptors (Lipinski definition) is 5. The van der Waals surface area contributed by atoms with E-state index < -0.39 is 4.92 Å². The number of carbonyl (C=O) groups is 2. The van der Waals surface area contributed by atoms with E-state index in [1.807, 2.05) is 0 Å². The second kappa shape index (κ2) is 5.23. The van der Waals surface area contributed by atoms with Crippen molar-refractivity contribution < 1.29 is 14.5 Å². The fraction of sp³-hybridized carbons (Fsp3) is 0.167. The molecule has 1 aromatic rings. The van der Waals surface area contributed by atoms with Crippen molar-refractivity contribution in [2.75, 3.05) is 6.54 Å². The zero-order chi connectivity index (χ0) is 14.0. The van der Waals surface area contributed by atoms with E-state index in [0.717, 1.165) is 16.7 Å². The first-order chi connectivity index (χ1) is 9.02. The lowest BCUT2D eigenvalue weighted by Gasteiger charge is -2.06. The third-order valence-electron chi connectivity index (χ3n) is 2.59. The molecule has 0 saturated carbocycles. The minimum atomic E-state index is -0.491. The quantitative estimate of drug-likeness (QED) is 0.482. The zero-order valence-electron chi connectivity index (χ0n) is 10.0. The number of hydrogen-bond donors (Lipinski definition) is 0. The Morgan fingerprint density at radius 3 is 2.42 bits per heavy atom. The molecular formula is C12H10N2O4S. The molecule has 1 aliphatic heterocycles. The van der Waals surface area contributed by atoms with Gasteiger partial charge in [-0.2, -0.15) is 0 Å². The van der Waals surface area contributed by atoms with Crippen LogP contribution in [0.2, 0.25) is 0 Å². The van der Waals surface area contributed by atoms with Crippen LogP contribution < -0.4 is 0 Å².